The number of halogens is 1. The Morgan fingerprint density at radius 2 is 2.03 bits per heavy atom. The lowest BCUT2D eigenvalue weighted by Gasteiger charge is -2.27. The van der Waals surface area contributed by atoms with Gasteiger partial charge in [-0.2, -0.15) is 0 Å². The highest BCUT2D eigenvalue weighted by Crippen LogP contribution is 2.32. The van der Waals surface area contributed by atoms with Crippen LogP contribution in [0, 0.1) is 0 Å². The summed E-state index contributed by atoms with van der Waals surface area (Å²) < 4.78 is 2.26. The second kappa shape index (κ2) is 9.94. The fourth-order valence-electron chi connectivity index (χ4n) is 4.55. The minimum atomic E-state index is -0.875. The number of hydrogen-bond acceptors (Lipinski definition) is 5. The van der Waals surface area contributed by atoms with Crippen LogP contribution in [0.5, 0.6) is 0 Å². The van der Waals surface area contributed by atoms with E-state index in [9.17, 15) is 19.2 Å². The van der Waals surface area contributed by atoms with E-state index in [4.69, 9.17) is 10.8 Å². The molecule has 9 nitrogen and oxygen atoms in total. The number of H-pyrrole nitrogens is 1. The zero-order valence-corrected chi connectivity index (χ0v) is 20.0. The number of rotatable bonds is 8. The molecule has 1 amide bonds. The average molecular weight is 529 g/mol. The second-order valence-electron chi connectivity index (χ2n) is 8.48. The van der Waals surface area contributed by atoms with Crippen molar-refractivity contribution < 1.29 is 14.7 Å². The Bertz CT molecular complexity index is 1390. The summed E-state index contributed by atoms with van der Waals surface area (Å²) >= 11 is 3.44. The molecule has 0 radical (unpaired) electrons. The lowest BCUT2D eigenvalue weighted by atomic mass is 9.96. The number of nitrogens with two attached hydrogens (primary N) is 1. The van der Waals surface area contributed by atoms with Gasteiger partial charge >= 0.3 is 17.1 Å². The molecule has 1 aliphatic heterocycles. The van der Waals surface area contributed by atoms with Gasteiger partial charge in [0.1, 0.15) is 0 Å². The number of benzene rings is 2. The number of aryl methyl sites for hydroxylation is 2. The van der Waals surface area contributed by atoms with Crippen molar-refractivity contribution in [1.29, 1.82) is 0 Å². The smallest absolute Gasteiger partial charge is 0.317 e. The molecule has 1 aliphatic rings. The highest BCUT2D eigenvalue weighted by molar-refractivity contribution is 9.10. The quantitative estimate of drug-likeness (QED) is 0.330. The second-order valence-corrected chi connectivity index (χ2v) is 9.39. The first-order valence-corrected chi connectivity index (χ1v) is 11.9. The van der Waals surface area contributed by atoms with Crippen LogP contribution in [0.15, 0.2) is 44.4 Å². The minimum Gasteiger partial charge on any atom is -0.481 e. The average Bonchev–Trinajstić information content (AvgIpc) is 2.78. The fraction of sp³-hybridized carbons (Fsp3) is 0.333. The van der Waals surface area contributed by atoms with E-state index >= 15 is 0 Å². The summed E-state index contributed by atoms with van der Waals surface area (Å²) in [6.45, 7) is 0.333. The third-order valence-corrected chi connectivity index (χ3v) is 6.56. The number of hydrogen-bond donors (Lipinski definition) is 4. The first kappa shape index (κ1) is 23.9. The summed E-state index contributed by atoms with van der Waals surface area (Å²) in [5.41, 5.74) is 8.78. The Balaban J connectivity index is 1.59. The molecule has 0 unspecified atom stereocenters. The van der Waals surface area contributed by atoms with Crippen LogP contribution in [0.1, 0.15) is 48.4 Å². The molecular weight excluding hydrogens is 504 g/mol. The number of aliphatic carboxylic acids is 1. The van der Waals surface area contributed by atoms with Gasteiger partial charge in [-0.1, -0.05) is 28.1 Å². The first-order valence-electron chi connectivity index (χ1n) is 11.1. The van der Waals surface area contributed by atoms with E-state index in [-0.39, 0.29) is 18.7 Å². The van der Waals surface area contributed by atoms with Gasteiger partial charge < -0.3 is 21.1 Å². The van der Waals surface area contributed by atoms with Gasteiger partial charge in [0.2, 0.25) is 5.91 Å². The molecule has 178 valence electrons. The number of aromatic nitrogens is 2. The fourth-order valence-corrected chi connectivity index (χ4v) is 5.06. The number of nitrogens with zero attached hydrogens (tertiary/aromatic N) is 1. The van der Waals surface area contributed by atoms with Crippen molar-refractivity contribution in [3.05, 3.63) is 72.2 Å². The van der Waals surface area contributed by atoms with E-state index in [1.165, 1.54) is 4.57 Å². The molecule has 0 saturated carbocycles. The predicted molar refractivity (Wildman–Crippen MR) is 132 cm³/mol. The summed E-state index contributed by atoms with van der Waals surface area (Å²) in [5.74, 6) is -1.16. The Labute approximate surface area is 203 Å². The van der Waals surface area contributed by atoms with Crippen molar-refractivity contribution in [3.8, 4) is 0 Å². The molecular formula is C24H25BrN4O5. The lowest BCUT2D eigenvalue weighted by Crippen LogP contribution is -2.41. The Morgan fingerprint density at radius 1 is 1.24 bits per heavy atom. The third-order valence-electron chi connectivity index (χ3n) is 6.11. The van der Waals surface area contributed by atoms with Crippen LogP contribution in [-0.2, 0) is 29.0 Å². The van der Waals surface area contributed by atoms with E-state index in [2.05, 4.69) is 26.2 Å². The van der Waals surface area contributed by atoms with Crippen LogP contribution in [0.3, 0.4) is 0 Å². The van der Waals surface area contributed by atoms with Crippen molar-refractivity contribution in [3.63, 3.8) is 0 Å². The zero-order chi connectivity index (χ0) is 24.4. The van der Waals surface area contributed by atoms with Gasteiger partial charge in [0.05, 0.1) is 11.0 Å². The molecule has 0 bridgehead atoms. The molecule has 1 atom stereocenters. The summed E-state index contributed by atoms with van der Waals surface area (Å²) in [4.78, 5) is 51.6. The molecule has 5 N–H and O–H groups in total. The van der Waals surface area contributed by atoms with E-state index in [1.54, 1.807) is 12.1 Å². The number of aromatic amines is 1. The standard InChI is InChI=1S/C24H25BrN4O5/c25-16-9-15-5-6-17(29-22(15)19(10-16)28-23(33)24(29)34)11-20(30)27-18-7-4-13(12-26)8-14(18)2-1-3-21(31)32/h4,7-10,17H,1-3,5-6,11-12,26H2,(H,27,30)(H,28,33)(H,31,32)/t17-/m0/s1. The van der Waals surface area contributed by atoms with Crippen LogP contribution in [0.4, 0.5) is 5.69 Å². The van der Waals surface area contributed by atoms with E-state index in [1.807, 2.05) is 18.2 Å². The molecule has 2 aromatic carbocycles. The van der Waals surface area contributed by atoms with Crippen molar-refractivity contribution in [1.82, 2.24) is 9.55 Å². The van der Waals surface area contributed by atoms with Gasteiger partial charge in [-0.25, -0.2) is 0 Å². The summed E-state index contributed by atoms with van der Waals surface area (Å²) in [5, 5.41) is 11.8. The number of carbonyl (C=O) groups excluding carboxylic acids is 1. The third kappa shape index (κ3) is 4.97. The number of nitrogens with one attached hydrogen (secondary N) is 2. The number of carbonyl (C=O) groups is 2. The topological polar surface area (TPSA) is 147 Å². The Kier molecular flexibility index (Phi) is 6.99. The van der Waals surface area contributed by atoms with Crippen molar-refractivity contribution in [2.75, 3.05) is 5.32 Å². The highest BCUT2D eigenvalue weighted by atomic mass is 79.9. The maximum atomic E-state index is 13.0. The van der Waals surface area contributed by atoms with Gasteiger partial charge in [0.25, 0.3) is 0 Å². The van der Waals surface area contributed by atoms with Crippen molar-refractivity contribution >= 4 is 44.5 Å². The maximum Gasteiger partial charge on any atom is 0.317 e. The first-order chi connectivity index (χ1) is 16.3. The van der Waals surface area contributed by atoms with Gasteiger partial charge in [-0.15, -0.1) is 0 Å². The molecule has 0 fully saturated rings. The van der Waals surface area contributed by atoms with E-state index < -0.39 is 23.1 Å². The molecule has 2 heterocycles. The molecule has 0 spiro atoms. The summed E-state index contributed by atoms with van der Waals surface area (Å²) in [7, 11) is 0. The zero-order valence-electron chi connectivity index (χ0n) is 18.4. The molecule has 3 aromatic rings. The number of anilines is 1. The maximum absolute atomic E-state index is 13.0. The molecule has 4 rings (SSSR count). The van der Waals surface area contributed by atoms with Crippen LogP contribution in [0.25, 0.3) is 11.0 Å². The number of carboxylic acids is 1. The Hall–Kier alpha value is -3.24. The molecule has 10 heteroatoms. The molecule has 0 saturated heterocycles. The van der Waals surface area contributed by atoms with Gasteiger partial charge in [0, 0.05) is 35.6 Å². The number of amides is 1. The SMILES string of the molecule is NCc1ccc(NC(=O)C[C@@H]2CCc3cc(Br)cc4[nH]c(=O)c(=O)n2c34)c(CCCC(=O)O)c1. The molecule has 0 aliphatic carbocycles. The predicted octanol–water partition coefficient (Wildman–Crippen LogP) is 2.83. The summed E-state index contributed by atoms with van der Waals surface area (Å²) in [6, 6.07) is 8.68. The van der Waals surface area contributed by atoms with Gasteiger partial charge in [-0.05, 0) is 60.6 Å². The van der Waals surface area contributed by atoms with Crippen LogP contribution < -0.4 is 22.2 Å². The van der Waals surface area contributed by atoms with E-state index in [0.29, 0.717) is 48.9 Å². The monoisotopic (exact) mass is 528 g/mol. The lowest BCUT2D eigenvalue weighted by molar-refractivity contribution is -0.137. The van der Waals surface area contributed by atoms with Crippen LogP contribution >= 0.6 is 15.9 Å². The normalized spacial score (nSPS) is 14.8. The largest absolute Gasteiger partial charge is 0.481 e. The Morgan fingerprint density at radius 3 is 2.76 bits per heavy atom. The van der Waals surface area contributed by atoms with Crippen molar-refractivity contribution in [2.45, 2.75) is 51.1 Å². The van der Waals surface area contributed by atoms with Gasteiger partial charge in [0.15, 0.2) is 0 Å². The number of carboxylic acid groups (broad SMARTS) is 1. The van der Waals surface area contributed by atoms with Crippen LogP contribution in [-0.4, -0.2) is 26.5 Å². The highest BCUT2D eigenvalue weighted by Gasteiger charge is 2.26. The van der Waals surface area contributed by atoms with Crippen molar-refractivity contribution in [2.24, 2.45) is 5.73 Å². The van der Waals surface area contributed by atoms with Gasteiger partial charge in [-0.3, -0.25) is 23.7 Å². The molecule has 1 aromatic heterocycles. The van der Waals surface area contributed by atoms with E-state index in [0.717, 1.165) is 21.2 Å². The molecule has 34 heavy (non-hydrogen) atoms. The van der Waals surface area contributed by atoms with Crippen LogP contribution in [0.2, 0.25) is 0 Å². The summed E-state index contributed by atoms with van der Waals surface area (Å²) in [6.07, 6.45) is 2.19. The minimum absolute atomic E-state index is 0.0271.